The maximum Gasteiger partial charge on any atom is 0.244 e. The summed E-state index contributed by atoms with van der Waals surface area (Å²) < 4.78 is 33.8. The molecular formula is C24H25N3O4S. The molecule has 1 aliphatic rings. The molecule has 1 aliphatic heterocycles. The number of benzene rings is 2. The molecule has 166 valence electrons. The van der Waals surface area contributed by atoms with E-state index >= 15 is 0 Å². The fourth-order valence-corrected chi connectivity index (χ4v) is 5.35. The molecule has 32 heavy (non-hydrogen) atoms. The van der Waals surface area contributed by atoms with Crippen LogP contribution in [0.3, 0.4) is 0 Å². The van der Waals surface area contributed by atoms with Gasteiger partial charge in [-0.15, -0.1) is 0 Å². The van der Waals surface area contributed by atoms with Crippen molar-refractivity contribution in [2.45, 2.75) is 37.4 Å². The maximum atomic E-state index is 13.5. The quantitative estimate of drug-likeness (QED) is 0.597. The Balaban J connectivity index is 1.62. The van der Waals surface area contributed by atoms with E-state index in [1.807, 2.05) is 43.3 Å². The molecule has 7 nitrogen and oxygen atoms in total. The number of nitrogens with zero attached hydrogens (tertiary/aromatic N) is 2. The van der Waals surface area contributed by atoms with E-state index in [-0.39, 0.29) is 23.9 Å². The summed E-state index contributed by atoms with van der Waals surface area (Å²) in [5, 5.41) is 2.85. The zero-order valence-electron chi connectivity index (χ0n) is 17.8. The molecule has 4 rings (SSSR count). The van der Waals surface area contributed by atoms with E-state index < -0.39 is 16.1 Å². The van der Waals surface area contributed by atoms with Crippen molar-refractivity contribution >= 4 is 15.9 Å². The summed E-state index contributed by atoms with van der Waals surface area (Å²) in [4.78, 5) is 17.5. The number of ether oxygens (including phenoxy) is 1. The highest BCUT2D eigenvalue weighted by Crippen LogP contribution is 2.30. The van der Waals surface area contributed by atoms with E-state index in [0.717, 1.165) is 11.1 Å². The van der Waals surface area contributed by atoms with Crippen molar-refractivity contribution in [1.29, 1.82) is 0 Å². The molecule has 0 saturated heterocycles. The Morgan fingerprint density at radius 2 is 1.78 bits per heavy atom. The predicted octanol–water partition coefficient (Wildman–Crippen LogP) is 2.91. The fraction of sp³-hybridized carbons (Fsp3) is 0.250. The van der Waals surface area contributed by atoms with Gasteiger partial charge in [0.2, 0.25) is 15.9 Å². The van der Waals surface area contributed by atoms with Gasteiger partial charge in [-0.2, -0.15) is 4.31 Å². The summed E-state index contributed by atoms with van der Waals surface area (Å²) in [6.07, 6.45) is 1.96. The van der Waals surface area contributed by atoms with Crippen LogP contribution in [0.15, 0.2) is 77.8 Å². The van der Waals surface area contributed by atoms with Crippen molar-refractivity contribution in [1.82, 2.24) is 14.6 Å². The van der Waals surface area contributed by atoms with Gasteiger partial charge in [0.1, 0.15) is 11.8 Å². The molecule has 1 aromatic heterocycles. The smallest absolute Gasteiger partial charge is 0.244 e. The van der Waals surface area contributed by atoms with E-state index in [0.29, 0.717) is 24.5 Å². The van der Waals surface area contributed by atoms with Crippen molar-refractivity contribution in [3.8, 4) is 5.75 Å². The van der Waals surface area contributed by atoms with Crippen molar-refractivity contribution in [2.24, 2.45) is 0 Å². The number of sulfonamides is 1. The molecule has 2 heterocycles. The van der Waals surface area contributed by atoms with E-state index in [1.54, 1.807) is 24.4 Å². The van der Waals surface area contributed by atoms with Gasteiger partial charge in [-0.25, -0.2) is 8.42 Å². The van der Waals surface area contributed by atoms with Crippen LogP contribution in [0.2, 0.25) is 0 Å². The average Bonchev–Trinajstić information content (AvgIpc) is 2.83. The Morgan fingerprint density at radius 3 is 2.47 bits per heavy atom. The van der Waals surface area contributed by atoms with Gasteiger partial charge in [0, 0.05) is 12.7 Å². The Morgan fingerprint density at radius 1 is 1.06 bits per heavy atom. The summed E-state index contributed by atoms with van der Waals surface area (Å²) in [6, 6.07) is 18.5. The normalized spacial score (nSPS) is 16.2. The lowest BCUT2D eigenvalue weighted by Crippen LogP contribution is -2.52. The number of fused-ring (bicyclic) bond motifs is 1. The number of nitrogens with one attached hydrogen (secondary N) is 1. The van der Waals surface area contributed by atoms with Crippen molar-refractivity contribution in [2.75, 3.05) is 6.61 Å². The first-order valence-corrected chi connectivity index (χ1v) is 11.9. The molecule has 0 unspecified atom stereocenters. The third kappa shape index (κ3) is 4.66. The lowest BCUT2D eigenvalue weighted by atomic mass is 9.95. The summed E-state index contributed by atoms with van der Waals surface area (Å²) in [5.74, 6) is 0.250. The van der Waals surface area contributed by atoms with Crippen molar-refractivity contribution in [3.05, 3.63) is 89.7 Å². The Kier molecular flexibility index (Phi) is 6.53. The molecule has 1 atom stereocenters. The van der Waals surface area contributed by atoms with Crippen LogP contribution < -0.4 is 10.1 Å². The third-order valence-electron chi connectivity index (χ3n) is 5.42. The van der Waals surface area contributed by atoms with Gasteiger partial charge in [-0.1, -0.05) is 30.3 Å². The van der Waals surface area contributed by atoms with Crippen molar-refractivity contribution in [3.63, 3.8) is 0 Å². The molecule has 0 bridgehead atoms. The lowest BCUT2D eigenvalue weighted by Gasteiger charge is -2.35. The van der Waals surface area contributed by atoms with Crippen LogP contribution >= 0.6 is 0 Å². The second-order valence-electron chi connectivity index (χ2n) is 7.48. The minimum absolute atomic E-state index is 0.128. The third-order valence-corrected chi connectivity index (χ3v) is 7.29. The van der Waals surface area contributed by atoms with Crippen LogP contribution in [0, 0.1) is 0 Å². The van der Waals surface area contributed by atoms with Gasteiger partial charge < -0.3 is 10.1 Å². The van der Waals surface area contributed by atoms with Gasteiger partial charge in [-0.3, -0.25) is 9.78 Å². The molecule has 1 amide bonds. The number of rotatable bonds is 7. The first kappa shape index (κ1) is 22.0. The molecular weight excluding hydrogens is 426 g/mol. The number of amides is 1. The zero-order valence-corrected chi connectivity index (χ0v) is 18.6. The summed E-state index contributed by atoms with van der Waals surface area (Å²) >= 11 is 0. The molecule has 0 aliphatic carbocycles. The number of hydrogen-bond donors (Lipinski definition) is 1. The largest absolute Gasteiger partial charge is 0.494 e. The van der Waals surface area contributed by atoms with Crippen LogP contribution in [0.5, 0.6) is 5.75 Å². The van der Waals surface area contributed by atoms with Gasteiger partial charge in [0.05, 0.1) is 23.7 Å². The first-order chi connectivity index (χ1) is 15.5. The molecule has 0 spiro atoms. The molecule has 0 saturated carbocycles. The molecule has 1 N–H and O–H groups in total. The summed E-state index contributed by atoms with van der Waals surface area (Å²) in [5.41, 5.74) is 2.58. The molecule has 0 radical (unpaired) electrons. The number of carbonyl (C=O) groups is 1. The minimum atomic E-state index is -3.91. The summed E-state index contributed by atoms with van der Waals surface area (Å²) in [6.45, 7) is 2.72. The average molecular weight is 452 g/mol. The van der Waals surface area contributed by atoms with E-state index in [4.69, 9.17) is 4.74 Å². The van der Waals surface area contributed by atoms with Crippen LogP contribution in [0.25, 0.3) is 0 Å². The maximum absolute atomic E-state index is 13.5. The highest BCUT2D eigenvalue weighted by atomic mass is 32.2. The number of carbonyl (C=O) groups excluding carboxylic acids is 1. The Hall–Kier alpha value is -3.23. The first-order valence-electron chi connectivity index (χ1n) is 10.5. The molecule has 3 aromatic rings. The van der Waals surface area contributed by atoms with Crippen molar-refractivity contribution < 1.29 is 17.9 Å². The van der Waals surface area contributed by atoms with E-state index in [2.05, 4.69) is 10.3 Å². The predicted molar refractivity (Wildman–Crippen MR) is 120 cm³/mol. The monoisotopic (exact) mass is 451 g/mol. The molecule has 0 fully saturated rings. The number of aromatic nitrogens is 1. The standard InChI is InChI=1S/C24H25N3O4S/c1-2-31-21-10-12-22(13-11-21)32(29,30)27-17-19-8-4-3-7-18(19)15-23(27)24(28)26-16-20-9-5-6-14-25-20/h3-14,23H,2,15-17H2,1H3,(H,26,28)/t23-/m1/s1. The second kappa shape index (κ2) is 9.50. The van der Waals surface area contributed by atoms with Gasteiger partial charge in [0.15, 0.2) is 0 Å². The van der Waals surface area contributed by atoms with E-state index in [9.17, 15) is 13.2 Å². The highest BCUT2D eigenvalue weighted by Gasteiger charge is 2.39. The molecule has 8 heteroatoms. The Bertz CT molecular complexity index is 1180. The number of pyridine rings is 1. The van der Waals surface area contributed by atoms with E-state index in [1.165, 1.54) is 16.4 Å². The SMILES string of the molecule is CCOc1ccc(S(=O)(=O)N2Cc3ccccc3C[C@@H]2C(=O)NCc2ccccn2)cc1. The molecule has 2 aromatic carbocycles. The van der Waals surface area contributed by atoms with Gasteiger partial charge in [0.25, 0.3) is 0 Å². The minimum Gasteiger partial charge on any atom is -0.494 e. The highest BCUT2D eigenvalue weighted by molar-refractivity contribution is 7.89. The van der Waals surface area contributed by atoms with Crippen LogP contribution in [0.4, 0.5) is 0 Å². The van der Waals surface area contributed by atoms with Crippen LogP contribution in [-0.2, 0) is 34.3 Å². The lowest BCUT2D eigenvalue weighted by molar-refractivity contribution is -0.125. The van der Waals surface area contributed by atoms with Crippen LogP contribution in [0.1, 0.15) is 23.7 Å². The number of hydrogen-bond acceptors (Lipinski definition) is 5. The van der Waals surface area contributed by atoms with Gasteiger partial charge in [-0.05, 0) is 60.9 Å². The second-order valence-corrected chi connectivity index (χ2v) is 9.37. The van der Waals surface area contributed by atoms with Gasteiger partial charge >= 0.3 is 0 Å². The fourth-order valence-electron chi connectivity index (χ4n) is 3.78. The summed E-state index contributed by atoms with van der Waals surface area (Å²) in [7, 11) is -3.91. The topological polar surface area (TPSA) is 88.6 Å². The Labute approximate surface area is 188 Å². The van der Waals surface area contributed by atoms with Crippen LogP contribution in [-0.4, -0.2) is 36.3 Å². The zero-order chi connectivity index (χ0) is 22.6.